The van der Waals surface area contributed by atoms with E-state index >= 15 is 0 Å². The Bertz CT molecular complexity index is 345. The van der Waals surface area contributed by atoms with Gasteiger partial charge in [-0.05, 0) is 13.3 Å². The van der Waals surface area contributed by atoms with Gasteiger partial charge in [0.2, 0.25) is 5.91 Å². The van der Waals surface area contributed by atoms with E-state index in [1.807, 2.05) is 0 Å². The highest BCUT2D eigenvalue weighted by Gasteiger charge is 2.40. The summed E-state index contributed by atoms with van der Waals surface area (Å²) in [5, 5.41) is 8.78. The van der Waals surface area contributed by atoms with Gasteiger partial charge in [0.25, 0.3) is 0 Å². The van der Waals surface area contributed by atoms with Crippen molar-refractivity contribution in [3.05, 3.63) is 0 Å². The molecular formula is C8H15NO5S. The molecule has 0 aromatic rings. The minimum atomic E-state index is -3.29. The molecule has 0 fully saturated rings. The minimum absolute atomic E-state index is 0.0819. The zero-order chi connectivity index (χ0) is 12.3. The van der Waals surface area contributed by atoms with E-state index in [1.165, 1.54) is 6.92 Å². The highest BCUT2D eigenvalue weighted by molar-refractivity contribution is 7.91. The van der Waals surface area contributed by atoms with Gasteiger partial charge >= 0.3 is 5.97 Å². The van der Waals surface area contributed by atoms with Crippen molar-refractivity contribution < 1.29 is 23.1 Å². The first-order chi connectivity index (χ1) is 6.65. The lowest BCUT2D eigenvalue weighted by Crippen LogP contribution is -2.42. The molecule has 0 aliphatic carbocycles. The van der Waals surface area contributed by atoms with E-state index in [0.29, 0.717) is 0 Å². The molecule has 6 nitrogen and oxygen atoms in total. The first-order valence-electron chi connectivity index (χ1n) is 4.39. The van der Waals surface area contributed by atoms with Crippen molar-refractivity contribution in [3.8, 4) is 0 Å². The molecule has 0 spiro atoms. The van der Waals surface area contributed by atoms with Gasteiger partial charge in [-0.25, -0.2) is 8.42 Å². The average Bonchev–Trinajstić information content (AvgIpc) is 2.13. The molecule has 0 radical (unpaired) electrons. The van der Waals surface area contributed by atoms with Gasteiger partial charge in [0.15, 0.2) is 0 Å². The van der Waals surface area contributed by atoms with Gasteiger partial charge in [0.1, 0.15) is 15.3 Å². The van der Waals surface area contributed by atoms with Crippen LogP contribution in [0.3, 0.4) is 0 Å². The molecular weight excluding hydrogens is 222 g/mol. The van der Waals surface area contributed by atoms with Crippen LogP contribution in [0, 0.1) is 5.41 Å². The maximum atomic E-state index is 11.1. The van der Waals surface area contributed by atoms with Crippen molar-refractivity contribution in [2.75, 3.05) is 11.5 Å². The molecule has 15 heavy (non-hydrogen) atoms. The number of carboxylic acid groups (broad SMARTS) is 1. The summed E-state index contributed by atoms with van der Waals surface area (Å²) in [6, 6.07) is 0. The summed E-state index contributed by atoms with van der Waals surface area (Å²) in [6.07, 6.45) is -0.298. The van der Waals surface area contributed by atoms with Gasteiger partial charge in [-0.1, -0.05) is 6.92 Å². The van der Waals surface area contributed by atoms with Gasteiger partial charge in [0.05, 0.1) is 5.75 Å². The van der Waals surface area contributed by atoms with Crippen LogP contribution in [0.4, 0.5) is 0 Å². The molecule has 0 aliphatic heterocycles. The number of carbonyl (C=O) groups is 2. The molecule has 1 unspecified atom stereocenters. The molecule has 0 aromatic carbocycles. The number of carboxylic acids is 1. The van der Waals surface area contributed by atoms with Crippen LogP contribution in [0.2, 0.25) is 0 Å². The Balaban J connectivity index is 4.75. The Morgan fingerprint density at radius 2 is 1.87 bits per heavy atom. The van der Waals surface area contributed by atoms with Crippen LogP contribution in [-0.2, 0) is 19.4 Å². The van der Waals surface area contributed by atoms with Crippen LogP contribution in [0.1, 0.15) is 20.3 Å². The quantitative estimate of drug-likeness (QED) is 0.598. The number of nitrogens with two attached hydrogens (primary N) is 1. The topological polar surface area (TPSA) is 115 Å². The summed E-state index contributed by atoms with van der Waals surface area (Å²) in [6.45, 7) is 2.58. The summed E-state index contributed by atoms with van der Waals surface area (Å²) in [5.41, 5.74) is 3.11. The van der Waals surface area contributed by atoms with E-state index in [2.05, 4.69) is 0 Å². The van der Waals surface area contributed by atoms with Crippen LogP contribution in [0.25, 0.3) is 0 Å². The molecule has 7 heteroatoms. The number of primary amides is 1. The third-order valence-electron chi connectivity index (χ3n) is 2.37. The molecule has 1 atom stereocenters. The summed E-state index contributed by atoms with van der Waals surface area (Å²) in [4.78, 5) is 21.7. The molecule has 3 N–H and O–H groups in total. The van der Waals surface area contributed by atoms with Gasteiger partial charge in [-0.2, -0.15) is 0 Å². The Morgan fingerprint density at radius 1 is 1.40 bits per heavy atom. The number of aliphatic carboxylic acids is 1. The minimum Gasteiger partial charge on any atom is -0.480 e. The lowest BCUT2D eigenvalue weighted by atomic mass is 9.87. The fourth-order valence-corrected chi connectivity index (χ4v) is 1.85. The summed E-state index contributed by atoms with van der Waals surface area (Å²) >= 11 is 0. The van der Waals surface area contributed by atoms with E-state index in [9.17, 15) is 18.0 Å². The Kier molecular flexibility index (Phi) is 4.27. The zero-order valence-electron chi connectivity index (χ0n) is 8.69. The molecule has 0 bridgehead atoms. The van der Waals surface area contributed by atoms with Crippen molar-refractivity contribution in [2.45, 2.75) is 20.3 Å². The normalized spacial score (nSPS) is 15.6. The lowest BCUT2D eigenvalue weighted by Gasteiger charge is -2.20. The van der Waals surface area contributed by atoms with Crippen LogP contribution in [0.5, 0.6) is 0 Å². The van der Waals surface area contributed by atoms with E-state index < -0.39 is 27.1 Å². The standard InChI is InChI=1S/C8H15NO5S/c1-3-15(13,14)5-4-8(2,6(9)10)7(11)12/h3-5H2,1-2H3,(H2,9,10)(H,11,12). The fourth-order valence-electron chi connectivity index (χ4n) is 0.839. The largest absolute Gasteiger partial charge is 0.480 e. The maximum absolute atomic E-state index is 11.1. The van der Waals surface area contributed by atoms with Crippen molar-refractivity contribution in [3.63, 3.8) is 0 Å². The van der Waals surface area contributed by atoms with Crippen molar-refractivity contribution in [1.29, 1.82) is 0 Å². The molecule has 1 amide bonds. The molecule has 0 saturated heterocycles. The van der Waals surface area contributed by atoms with Gasteiger partial charge in [0, 0.05) is 5.75 Å². The van der Waals surface area contributed by atoms with Crippen molar-refractivity contribution in [2.24, 2.45) is 11.1 Å². The third-order valence-corrected chi connectivity index (χ3v) is 4.07. The number of hydrogen-bond donors (Lipinski definition) is 2. The highest BCUT2D eigenvalue weighted by Crippen LogP contribution is 2.22. The molecule has 0 aliphatic rings. The van der Waals surface area contributed by atoms with Crippen LogP contribution < -0.4 is 5.73 Å². The number of hydrogen-bond acceptors (Lipinski definition) is 4. The van der Waals surface area contributed by atoms with E-state index in [-0.39, 0.29) is 17.9 Å². The molecule has 0 rings (SSSR count). The number of sulfone groups is 1. The summed E-state index contributed by atoms with van der Waals surface area (Å²) in [7, 11) is -3.29. The molecule has 0 heterocycles. The predicted molar refractivity (Wildman–Crippen MR) is 53.9 cm³/mol. The lowest BCUT2D eigenvalue weighted by molar-refractivity contribution is -0.153. The monoisotopic (exact) mass is 237 g/mol. The molecule has 0 saturated carbocycles. The van der Waals surface area contributed by atoms with Crippen LogP contribution >= 0.6 is 0 Å². The summed E-state index contributed by atoms with van der Waals surface area (Å²) < 4.78 is 22.3. The van der Waals surface area contributed by atoms with Gasteiger partial charge < -0.3 is 10.8 Å². The number of rotatable bonds is 6. The zero-order valence-corrected chi connectivity index (χ0v) is 9.50. The number of amides is 1. The summed E-state index contributed by atoms with van der Waals surface area (Å²) in [5.74, 6) is -2.86. The average molecular weight is 237 g/mol. The first kappa shape index (κ1) is 13.9. The highest BCUT2D eigenvalue weighted by atomic mass is 32.2. The van der Waals surface area contributed by atoms with Crippen LogP contribution in [-0.4, -0.2) is 36.9 Å². The maximum Gasteiger partial charge on any atom is 0.318 e. The smallest absolute Gasteiger partial charge is 0.318 e. The van der Waals surface area contributed by atoms with Gasteiger partial charge in [-0.15, -0.1) is 0 Å². The van der Waals surface area contributed by atoms with E-state index in [4.69, 9.17) is 10.8 Å². The fraction of sp³-hybridized carbons (Fsp3) is 0.750. The Morgan fingerprint density at radius 3 is 2.13 bits per heavy atom. The van der Waals surface area contributed by atoms with Crippen molar-refractivity contribution in [1.82, 2.24) is 0 Å². The second-order valence-electron chi connectivity index (χ2n) is 3.49. The second-order valence-corrected chi connectivity index (χ2v) is 5.96. The Hall–Kier alpha value is -1.11. The van der Waals surface area contributed by atoms with Gasteiger partial charge in [-0.3, -0.25) is 9.59 Å². The Labute approximate surface area is 88.4 Å². The SMILES string of the molecule is CCS(=O)(=O)CCC(C)(C(N)=O)C(=O)O. The van der Waals surface area contributed by atoms with E-state index in [0.717, 1.165) is 6.92 Å². The third kappa shape index (κ3) is 3.50. The first-order valence-corrected chi connectivity index (χ1v) is 6.21. The second kappa shape index (κ2) is 4.61. The van der Waals surface area contributed by atoms with Crippen molar-refractivity contribution >= 4 is 21.7 Å². The molecule has 0 aromatic heterocycles. The predicted octanol–water partition coefficient (Wildman–Crippen LogP) is -0.613. The molecule has 88 valence electrons. The van der Waals surface area contributed by atoms with Crippen LogP contribution in [0.15, 0.2) is 0 Å². The van der Waals surface area contributed by atoms with E-state index in [1.54, 1.807) is 0 Å². The number of carbonyl (C=O) groups excluding carboxylic acids is 1.